The summed E-state index contributed by atoms with van der Waals surface area (Å²) in [6.45, 7) is 2.03. The summed E-state index contributed by atoms with van der Waals surface area (Å²) in [6.07, 6.45) is 0. The highest BCUT2D eigenvalue weighted by molar-refractivity contribution is 7.18. The predicted octanol–water partition coefficient (Wildman–Crippen LogP) is 3.68. The molecule has 2 heterocycles. The maximum Gasteiger partial charge on any atom is 0.240 e. The fraction of sp³-hybridized carbons (Fsp3) is 0.0769. The molecule has 1 aromatic carbocycles. The molecular weight excluding hydrogens is 294 g/mol. The number of rotatable bonds is 3. The Morgan fingerprint density at radius 1 is 1.25 bits per heavy atom. The van der Waals surface area contributed by atoms with Crippen molar-refractivity contribution in [3.8, 4) is 0 Å². The van der Waals surface area contributed by atoms with Gasteiger partial charge in [0.25, 0.3) is 0 Å². The molecule has 0 aliphatic heterocycles. The number of halogens is 1. The number of nitrogens with two attached hydrogens (primary N) is 1. The number of nitrogen functional groups attached to an aromatic ring is 1. The first-order valence-corrected chi connectivity index (χ1v) is 7.12. The molecule has 0 saturated carbocycles. The van der Waals surface area contributed by atoms with Gasteiger partial charge in [0.15, 0.2) is 0 Å². The van der Waals surface area contributed by atoms with Gasteiger partial charge in [0, 0.05) is 15.6 Å². The Bertz CT molecular complexity index is 771. The van der Waals surface area contributed by atoms with Crippen LogP contribution in [0.2, 0.25) is 5.02 Å². The third kappa shape index (κ3) is 2.53. The number of benzene rings is 1. The number of nitrogens with zero attached hydrogens (tertiary/aromatic N) is 2. The van der Waals surface area contributed by atoms with Crippen molar-refractivity contribution in [2.45, 2.75) is 6.92 Å². The molecule has 0 aliphatic carbocycles. The fourth-order valence-electron chi connectivity index (χ4n) is 1.90. The molecule has 0 atom stereocenters. The Labute approximate surface area is 124 Å². The van der Waals surface area contributed by atoms with Crippen molar-refractivity contribution in [1.29, 1.82) is 0 Å². The zero-order valence-corrected chi connectivity index (χ0v) is 12.2. The zero-order chi connectivity index (χ0) is 14.1. The van der Waals surface area contributed by atoms with E-state index in [0.29, 0.717) is 16.8 Å². The molecule has 0 unspecified atom stereocenters. The summed E-state index contributed by atoms with van der Waals surface area (Å²) in [4.78, 5) is 10.8. The zero-order valence-electron chi connectivity index (χ0n) is 10.6. The third-order valence-corrected chi connectivity index (χ3v) is 3.91. The summed E-state index contributed by atoms with van der Waals surface area (Å²) in [5.74, 6) is 6.50. The Morgan fingerprint density at radius 2 is 2.10 bits per heavy atom. The van der Waals surface area contributed by atoms with E-state index in [4.69, 9.17) is 17.4 Å². The van der Waals surface area contributed by atoms with Gasteiger partial charge in [-0.15, -0.1) is 11.3 Å². The van der Waals surface area contributed by atoms with Gasteiger partial charge in [-0.2, -0.15) is 4.98 Å². The van der Waals surface area contributed by atoms with Gasteiger partial charge >= 0.3 is 0 Å². The predicted molar refractivity (Wildman–Crippen MR) is 84.7 cm³/mol. The van der Waals surface area contributed by atoms with Crippen LogP contribution in [0.5, 0.6) is 0 Å². The molecule has 3 rings (SSSR count). The first-order chi connectivity index (χ1) is 9.65. The molecule has 3 aromatic rings. The molecule has 0 radical (unpaired) electrons. The van der Waals surface area contributed by atoms with Crippen molar-refractivity contribution in [3.63, 3.8) is 0 Å². The van der Waals surface area contributed by atoms with Gasteiger partial charge < -0.3 is 5.32 Å². The van der Waals surface area contributed by atoms with E-state index < -0.39 is 0 Å². The lowest BCUT2D eigenvalue weighted by Crippen LogP contribution is -2.11. The number of anilines is 3. The van der Waals surface area contributed by atoms with Crippen LogP contribution in [0.25, 0.3) is 10.2 Å². The second-order valence-corrected chi connectivity index (χ2v) is 5.92. The number of hydrogen-bond acceptors (Lipinski definition) is 6. The van der Waals surface area contributed by atoms with Gasteiger partial charge in [-0.05, 0) is 31.2 Å². The lowest BCUT2D eigenvalue weighted by Gasteiger charge is -2.08. The molecule has 0 amide bonds. The lowest BCUT2D eigenvalue weighted by atomic mass is 10.3. The van der Waals surface area contributed by atoms with E-state index in [1.807, 2.05) is 37.3 Å². The molecule has 4 N–H and O–H groups in total. The minimum absolute atomic E-state index is 0.379. The van der Waals surface area contributed by atoms with Gasteiger partial charge in [-0.25, -0.2) is 10.8 Å². The van der Waals surface area contributed by atoms with Gasteiger partial charge in [-0.1, -0.05) is 17.7 Å². The number of hydrogen-bond donors (Lipinski definition) is 3. The van der Waals surface area contributed by atoms with Crippen LogP contribution in [0.3, 0.4) is 0 Å². The summed E-state index contributed by atoms with van der Waals surface area (Å²) < 4.78 is 0. The number of fused-ring (bicyclic) bond motifs is 1. The van der Waals surface area contributed by atoms with E-state index in [0.717, 1.165) is 20.8 Å². The Balaban J connectivity index is 2.09. The van der Waals surface area contributed by atoms with E-state index in [1.165, 1.54) is 0 Å². The van der Waals surface area contributed by atoms with Crippen molar-refractivity contribution < 1.29 is 0 Å². The summed E-state index contributed by atoms with van der Waals surface area (Å²) in [6, 6.07) is 9.51. The minimum Gasteiger partial charge on any atom is -0.339 e. The van der Waals surface area contributed by atoms with Crippen LogP contribution in [-0.4, -0.2) is 9.97 Å². The summed E-state index contributed by atoms with van der Waals surface area (Å²) in [5.41, 5.74) is 3.35. The van der Waals surface area contributed by atoms with Gasteiger partial charge in [-0.3, -0.25) is 5.43 Å². The van der Waals surface area contributed by atoms with Crippen molar-refractivity contribution in [3.05, 3.63) is 40.2 Å². The Hall–Kier alpha value is -1.89. The largest absolute Gasteiger partial charge is 0.339 e. The summed E-state index contributed by atoms with van der Waals surface area (Å²) >= 11 is 7.59. The van der Waals surface area contributed by atoms with E-state index in [-0.39, 0.29) is 0 Å². The van der Waals surface area contributed by atoms with Gasteiger partial charge in [0.2, 0.25) is 5.95 Å². The standard InChI is InChI=1S/C13H12ClN5S/c1-7-5-10-11(16-9-4-2-3-8(14)6-9)17-13(19-15)18-12(10)20-7/h2-6H,15H2,1H3,(H2,16,17,18,19). The summed E-state index contributed by atoms with van der Waals surface area (Å²) in [5, 5.41) is 4.88. The van der Waals surface area contributed by atoms with E-state index in [1.54, 1.807) is 11.3 Å². The minimum atomic E-state index is 0.379. The van der Waals surface area contributed by atoms with Gasteiger partial charge in [0.1, 0.15) is 10.6 Å². The van der Waals surface area contributed by atoms with E-state index in [2.05, 4.69) is 20.7 Å². The second kappa shape index (κ2) is 5.24. The molecule has 0 aliphatic rings. The highest BCUT2D eigenvalue weighted by Gasteiger charge is 2.10. The maximum absolute atomic E-state index is 5.99. The number of thiophene rings is 1. The molecule has 102 valence electrons. The average molecular weight is 306 g/mol. The summed E-state index contributed by atoms with van der Waals surface area (Å²) in [7, 11) is 0. The molecular formula is C13H12ClN5S. The van der Waals surface area contributed by atoms with Crippen molar-refractivity contribution in [2.24, 2.45) is 5.84 Å². The van der Waals surface area contributed by atoms with E-state index in [9.17, 15) is 0 Å². The number of hydrazine groups is 1. The quantitative estimate of drug-likeness (QED) is 0.508. The third-order valence-electron chi connectivity index (χ3n) is 2.73. The van der Waals surface area contributed by atoms with Crippen molar-refractivity contribution >= 4 is 50.6 Å². The van der Waals surface area contributed by atoms with E-state index >= 15 is 0 Å². The Kier molecular flexibility index (Phi) is 3.43. The molecule has 20 heavy (non-hydrogen) atoms. The van der Waals surface area contributed by atoms with Crippen molar-refractivity contribution in [2.75, 3.05) is 10.7 Å². The topological polar surface area (TPSA) is 75.9 Å². The SMILES string of the molecule is Cc1cc2c(Nc3cccc(Cl)c3)nc(NN)nc2s1. The molecule has 0 fully saturated rings. The van der Waals surface area contributed by atoms with Crippen LogP contribution in [0.1, 0.15) is 4.88 Å². The van der Waals surface area contributed by atoms with Crippen molar-refractivity contribution in [1.82, 2.24) is 9.97 Å². The fourth-order valence-corrected chi connectivity index (χ4v) is 2.97. The second-order valence-electron chi connectivity index (χ2n) is 4.25. The highest BCUT2D eigenvalue weighted by Crippen LogP contribution is 2.31. The smallest absolute Gasteiger partial charge is 0.240 e. The van der Waals surface area contributed by atoms with Crippen LogP contribution < -0.4 is 16.6 Å². The highest BCUT2D eigenvalue weighted by atomic mass is 35.5. The first-order valence-electron chi connectivity index (χ1n) is 5.93. The molecule has 0 bridgehead atoms. The average Bonchev–Trinajstić information content (AvgIpc) is 2.79. The molecule has 7 heteroatoms. The molecule has 2 aromatic heterocycles. The molecule has 0 saturated heterocycles. The molecule has 0 spiro atoms. The normalized spacial score (nSPS) is 10.8. The van der Waals surface area contributed by atoms with Crippen LogP contribution in [0, 0.1) is 6.92 Å². The number of aryl methyl sites for hydroxylation is 1. The first kappa shape index (κ1) is 13.1. The van der Waals surface area contributed by atoms with Crippen LogP contribution in [-0.2, 0) is 0 Å². The van der Waals surface area contributed by atoms with Gasteiger partial charge in [0.05, 0.1) is 5.39 Å². The number of aromatic nitrogens is 2. The Morgan fingerprint density at radius 3 is 2.85 bits per heavy atom. The maximum atomic E-state index is 5.99. The monoisotopic (exact) mass is 305 g/mol. The van der Waals surface area contributed by atoms with Crippen LogP contribution in [0.15, 0.2) is 30.3 Å². The van der Waals surface area contributed by atoms with Crippen LogP contribution >= 0.6 is 22.9 Å². The molecule has 5 nitrogen and oxygen atoms in total. The lowest BCUT2D eigenvalue weighted by molar-refractivity contribution is 1.16. The number of nitrogens with one attached hydrogen (secondary N) is 2. The van der Waals surface area contributed by atoms with Crippen LogP contribution in [0.4, 0.5) is 17.5 Å².